The highest BCUT2D eigenvalue weighted by Gasteiger charge is 2.13. The van der Waals surface area contributed by atoms with Crippen molar-refractivity contribution in [2.75, 3.05) is 19.6 Å². The van der Waals surface area contributed by atoms with Crippen molar-refractivity contribution in [2.24, 2.45) is 5.73 Å². The van der Waals surface area contributed by atoms with Gasteiger partial charge >= 0.3 is 0 Å². The summed E-state index contributed by atoms with van der Waals surface area (Å²) in [7, 11) is 0. The number of hydrogen-bond donors (Lipinski definition) is 3. The summed E-state index contributed by atoms with van der Waals surface area (Å²) in [5.74, 6) is 0.128. The highest BCUT2D eigenvalue weighted by molar-refractivity contribution is 7.96. The van der Waals surface area contributed by atoms with Crippen LogP contribution in [-0.4, -0.2) is 45.8 Å². The minimum atomic E-state index is -0.639. The van der Waals surface area contributed by atoms with Crippen molar-refractivity contribution in [1.29, 1.82) is 0 Å². The molecule has 0 fully saturated rings. The van der Waals surface area contributed by atoms with Crippen LogP contribution in [-0.2, 0) is 11.3 Å². The van der Waals surface area contributed by atoms with Crippen molar-refractivity contribution < 1.29 is 14.4 Å². The molecule has 0 atom stereocenters. The number of benzene rings is 1. The molecule has 0 aliphatic heterocycles. The molecule has 0 aliphatic carbocycles. The molecule has 26 heavy (non-hydrogen) atoms. The topological polar surface area (TPSA) is 83.7 Å². The Hall–Kier alpha value is -1.38. The highest BCUT2D eigenvalue weighted by Crippen LogP contribution is 2.13. The molecule has 1 aromatic rings. The van der Waals surface area contributed by atoms with E-state index in [-0.39, 0.29) is 11.1 Å². The summed E-state index contributed by atoms with van der Waals surface area (Å²) in [6.45, 7) is 6.35. The zero-order chi connectivity index (χ0) is 20.1. The number of primary amides is 1. The zero-order valence-electron chi connectivity index (χ0n) is 15.0. The quantitative estimate of drug-likeness (QED) is 0.560. The van der Waals surface area contributed by atoms with Crippen LogP contribution in [0.4, 0.5) is 9.59 Å². The second-order valence-corrected chi connectivity index (χ2v) is 6.60. The lowest BCUT2D eigenvalue weighted by molar-refractivity contribution is -0.130. The Morgan fingerprint density at radius 3 is 1.96 bits per heavy atom. The SMILES string of the molecule is CCN(CC)C(=O)CCCN(Cc1ccc(Cl)cc1)C(=O)S.NC(=O)S. The van der Waals surface area contributed by atoms with E-state index in [1.165, 1.54) is 0 Å². The minimum absolute atomic E-state index is 0.128. The standard InChI is InChI=1S/C16H23ClN2O2S.CH3NOS/c1-3-18(4-2)15(20)6-5-11-19(16(21)22)12-13-7-9-14(17)10-8-13;2-1(3)4/h7-10H,3-6,11-12H2,1-2H3,(H,21,22);(H3,2,3,4). The second kappa shape index (κ2) is 13.8. The summed E-state index contributed by atoms with van der Waals surface area (Å²) in [4.78, 5) is 36.1. The van der Waals surface area contributed by atoms with Crippen molar-refractivity contribution in [3.8, 4) is 0 Å². The van der Waals surface area contributed by atoms with E-state index in [0.717, 1.165) is 18.7 Å². The molecule has 146 valence electrons. The van der Waals surface area contributed by atoms with Gasteiger partial charge in [-0.05, 0) is 38.0 Å². The first-order chi connectivity index (χ1) is 12.2. The third-order valence-corrected chi connectivity index (χ3v) is 4.03. The van der Waals surface area contributed by atoms with Gasteiger partial charge in [-0.2, -0.15) is 0 Å². The van der Waals surface area contributed by atoms with Crippen LogP contribution in [0.5, 0.6) is 0 Å². The van der Waals surface area contributed by atoms with E-state index in [4.69, 9.17) is 16.4 Å². The molecule has 9 heteroatoms. The van der Waals surface area contributed by atoms with Gasteiger partial charge in [-0.25, -0.2) is 0 Å². The third kappa shape index (κ3) is 11.3. The highest BCUT2D eigenvalue weighted by atomic mass is 35.5. The number of thiol groups is 2. The number of rotatable bonds is 8. The maximum Gasteiger partial charge on any atom is 0.278 e. The Labute approximate surface area is 170 Å². The van der Waals surface area contributed by atoms with Gasteiger partial charge in [-0.3, -0.25) is 14.4 Å². The molecule has 0 radical (unpaired) electrons. The van der Waals surface area contributed by atoms with Crippen LogP contribution in [0.3, 0.4) is 0 Å². The molecule has 0 saturated carbocycles. The van der Waals surface area contributed by atoms with E-state index in [1.54, 1.807) is 21.9 Å². The molecule has 0 aromatic heterocycles. The Morgan fingerprint density at radius 1 is 1.04 bits per heavy atom. The van der Waals surface area contributed by atoms with Crippen LogP contribution in [0.2, 0.25) is 5.02 Å². The lowest BCUT2D eigenvalue weighted by Crippen LogP contribution is -2.32. The van der Waals surface area contributed by atoms with E-state index in [0.29, 0.717) is 31.0 Å². The van der Waals surface area contributed by atoms with Crippen molar-refractivity contribution in [3.63, 3.8) is 0 Å². The van der Waals surface area contributed by atoms with E-state index < -0.39 is 5.24 Å². The lowest BCUT2D eigenvalue weighted by atomic mass is 10.2. The van der Waals surface area contributed by atoms with Gasteiger partial charge in [0, 0.05) is 37.6 Å². The lowest BCUT2D eigenvalue weighted by Gasteiger charge is -2.22. The van der Waals surface area contributed by atoms with Crippen LogP contribution in [0.25, 0.3) is 0 Å². The molecule has 0 aliphatic rings. The van der Waals surface area contributed by atoms with Gasteiger partial charge in [0.1, 0.15) is 0 Å². The predicted octanol–water partition coefficient (Wildman–Crippen LogP) is 3.84. The van der Waals surface area contributed by atoms with Crippen LogP contribution >= 0.6 is 36.9 Å². The summed E-state index contributed by atoms with van der Waals surface area (Å²) in [5, 5.41) is -0.262. The fraction of sp³-hybridized carbons (Fsp3) is 0.471. The second-order valence-electron chi connectivity index (χ2n) is 5.34. The molecule has 1 rings (SSSR count). The molecule has 1 aromatic carbocycles. The minimum Gasteiger partial charge on any atom is -0.361 e. The van der Waals surface area contributed by atoms with Crippen LogP contribution in [0.15, 0.2) is 24.3 Å². The smallest absolute Gasteiger partial charge is 0.278 e. The number of nitrogens with two attached hydrogens (primary N) is 1. The normalized spacial score (nSPS) is 9.73. The summed E-state index contributed by atoms with van der Waals surface area (Å²) >= 11 is 12.9. The first kappa shape index (κ1) is 24.6. The monoisotopic (exact) mass is 419 g/mol. The summed E-state index contributed by atoms with van der Waals surface area (Å²) in [6.07, 6.45) is 1.08. The van der Waals surface area contributed by atoms with Gasteiger partial charge < -0.3 is 15.5 Å². The van der Waals surface area contributed by atoms with Crippen LogP contribution < -0.4 is 5.73 Å². The Balaban J connectivity index is 0.00000141. The average Bonchev–Trinajstić information content (AvgIpc) is 2.56. The van der Waals surface area contributed by atoms with E-state index in [1.807, 2.05) is 26.0 Å². The largest absolute Gasteiger partial charge is 0.361 e. The number of hydrogen-bond acceptors (Lipinski definition) is 3. The number of carbonyl (C=O) groups excluding carboxylic acids is 3. The van der Waals surface area contributed by atoms with Crippen LogP contribution in [0.1, 0.15) is 32.3 Å². The maximum atomic E-state index is 11.9. The van der Waals surface area contributed by atoms with Gasteiger partial charge in [0.05, 0.1) is 0 Å². The van der Waals surface area contributed by atoms with E-state index in [2.05, 4.69) is 31.0 Å². The Kier molecular flexibility index (Phi) is 13.0. The molecule has 0 unspecified atom stereocenters. The maximum absolute atomic E-state index is 11.9. The molecule has 2 N–H and O–H groups in total. The average molecular weight is 420 g/mol. The first-order valence-corrected chi connectivity index (χ1v) is 9.46. The van der Waals surface area contributed by atoms with Crippen LogP contribution in [0, 0.1) is 0 Å². The molecule has 6 nitrogen and oxygen atoms in total. The van der Waals surface area contributed by atoms with Crippen molar-refractivity contribution in [2.45, 2.75) is 33.2 Å². The van der Waals surface area contributed by atoms with Crippen molar-refractivity contribution >= 4 is 53.2 Å². The first-order valence-electron chi connectivity index (χ1n) is 8.19. The molecule has 0 heterocycles. The molecular formula is C17H26ClN3O3S2. The number of carbonyl (C=O) groups is 3. The molecular weight excluding hydrogens is 394 g/mol. The molecule has 3 amide bonds. The summed E-state index contributed by atoms with van der Waals surface area (Å²) in [5.41, 5.74) is 5.32. The molecule has 0 spiro atoms. The van der Waals surface area contributed by atoms with E-state index in [9.17, 15) is 9.59 Å². The van der Waals surface area contributed by atoms with Crippen molar-refractivity contribution in [1.82, 2.24) is 9.80 Å². The fourth-order valence-corrected chi connectivity index (χ4v) is 2.50. The Morgan fingerprint density at radius 2 is 1.54 bits per heavy atom. The van der Waals surface area contributed by atoms with E-state index >= 15 is 0 Å². The number of nitrogens with zero attached hydrogens (tertiary/aromatic N) is 2. The predicted molar refractivity (Wildman–Crippen MR) is 112 cm³/mol. The van der Waals surface area contributed by atoms with Gasteiger partial charge in [-0.1, -0.05) is 49.0 Å². The van der Waals surface area contributed by atoms with Gasteiger partial charge in [0.25, 0.3) is 10.5 Å². The summed E-state index contributed by atoms with van der Waals surface area (Å²) < 4.78 is 0. The number of amides is 3. The van der Waals surface area contributed by atoms with Gasteiger partial charge in [0.2, 0.25) is 5.91 Å². The molecule has 0 bridgehead atoms. The van der Waals surface area contributed by atoms with Gasteiger partial charge in [0.15, 0.2) is 0 Å². The fourth-order valence-electron chi connectivity index (χ4n) is 2.21. The third-order valence-electron chi connectivity index (χ3n) is 3.49. The van der Waals surface area contributed by atoms with Gasteiger partial charge in [-0.15, -0.1) is 0 Å². The number of halogens is 1. The molecule has 0 saturated heterocycles. The Bertz CT molecular complexity index is 577. The van der Waals surface area contributed by atoms with Crippen molar-refractivity contribution in [3.05, 3.63) is 34.9 Å². The zero-order valence-corrected chi connectivity index (χ0v) is 17.6. The summed E-state index contributed by atoms with van der Waals surface area (Å²) in [6, 6.07) is 7.35.